The average Bonchev–Trinajstić information content (AvgIpc) is 3.33. The van der Waals surface area contributed by atoms with Crippen molar-refractivity contribution in [3.63, 3.8) is 0 Å². The summed E-state index contributed by atoms with van der Waals surface area (Å²) >= 11 is 0. The Labute approximate surface area is 198 Å². The van der Waals surface area contributed by atoms with Crippen molar-refractivity contribution in [2.45, 2.75) is 44.4 Å². The quantitative estimate of drug-likeness (QED) is 0.284. The Morgan fingerprint density at radius 2 is 1.74 bits per heavy atom. The van der Waals surface area contributed by atoms with Crippen molar-refractivity contribution in [2.24, 2.45) is 0 Å². The maximum Gasteiger partial charge on any atom is 0.0530 e. The number of hydrogen-bond donors (Lipinski definition) is 0. The number of pyridine rings is 2. The van der Waals surface area contributed by atoms with Gasteiger partial charge in [0.15, 0.2) is 0 Å². The predicted octanol–water partition coefficient (Wildman–Crippen LogP) is 5.84. The molecule has 0 aliphatic heterocycles. The van der Waals surface area contributed by atoms with Crippen molar-refractivity contribution in [1.82, 2.24) is 19.7 Å². The Balaban J connectivity index is 0.000000183. The van der Waals surface area contributed by atoms with E-state index in [-0.39, 0.29) is 20.1 Å². The van der Waals surface area contributed by atoms with E-state index in [9.17, 15) is 0 Å². The van der Waals surface area contributed by atoms with Crippen LogP contribution in [-0.2, 0) is 25.5 Å². The molecule has 0 unspecified atom stereocenters. The van der Waals surface area contributed by atoms with E-state index in [1.165, 1.54) is 37.7 Å². The first-order valence-electron chi connectivity index (χ1n) is 10.5. The zero-order valence-corrected chi connectivity index (χ0v) is 20.1. The molecule has 1 fully saturated rings. The van der Waals surface area contributed by atoms with Crippen LogP contribution >= 0.6 is 0 Å². The van der Waals surface area contributed by atoms with Crippen LogP contribution in [0.3, 0.4) is 0 Å². The maximum absolute atomic E-state index is 4.45. The minimum absolute atomic E-state index is 0. The first-order chi connectivity index (χ1) is 14.7. The third kappa shape index (κ3) is 5.96. The molecular weight excluding hydrogens is 561 g/mol. The Morgan fingerprint density at radius 1 is 0.903 bits per heavy atom. The van der Waals surface area contributed by atoms with Crippen molar-refractivity contribution < 1.29 is 20.1 Å². The van der Waals surface area contributed by atoms with Crippen LogP contribution in [-0.4, -0.2) is 19.7 Å². The summed E-state index contributed by atoms with van der Waals surface area (Å²) in [7, 11) is 0. The third-order valence-corrected chi connectivity index (χ3v) is 5.72. The molecule has 3 aromatic heterocycles. The molecule has 0 atom stereocenters. The second-order valence-corrected chi connectivity index (χ2v) is 7.91. The fourth-order valence-electron chi connectivity index (χ4n) is 3.90. The second-order valence-electron chi connectivity index (χ2n) is 7.91. The van der Waals surface area contributed by atoms with Gasteiger partial charge in [0.05, 0.1) is 6.20 Å². The van der Waals surface area contributed by atoms with E-state index >= 15 is 0 Å². The van der Waals surface area contributed by atoms with E-state index in [2.05, 4.69) is 40.3 Å². The molecule has 1 saturated carbocycles. The van der Waals surface area contributed by atoms with Gasteiger partial charge in [0.2, 0.25) is 0 Å². The van der Waals surface area contributed by atoms with Crippen molar-refractivity contribution >= 4 is 0 Å². The molecular formula is C26H26IrN4-2. The van der Waals surface area contributed by atoms with E-state index in [0.717, 1.165) is 16.9 Å². The smallest absolute Gasteiger partial charge is 0.0530 e. The average molecular weight is 587 g/mol. The number of benzene rings is 1. The topological polar surface area (TPSA) is 43.6 Å². The van der Waals surface area contributed by atoms with Gasteiger partial charge in [-0.25, -0.2) is 0 Å². The van der Waals surface area contributed by atoms with Crippen LogP contribution in [0.1, 0.15) is 44.6 Å². The van der Waals surface area contributed by atoms with Gasteiger partial charge in [-0.1, -0.05) is 50.7 Å². The van der Waals surface area contributed by atoms with Gasteiger partial charge in [-0.2, -0.15) is 17.2 Å². The summed E-state index contributed by atoms with van der Waals surface area (Å²) in [5.74, 6) is 0. The molecule has 3 heterocycles. The molecule has 4 aromatic rings. The van der Waals surface area contributed by atoms with Crippen LogP contribution in [0, 0.1) is 12.1 Å². The SMILES string of the molecule is CC1(c2cnn(-c3[c-]ccnc3)c2)CCCCC1.[Ir].[c-]1ccccc1-c1ccccn1. The zero-order valence-electron chi connectivity index (χ0n) is 17.7. The molecule has 1 aliphatic rings. The van der Waals surface area contributed by atoms with Crippen LogP contribution in [0.15, 0.2) is 79.5 Å². The molecule has 161 valence electrons. The van der Waals surface area contributed by atoms with Gasteiger partial charge in [-0.05, 0) is 41.3 Å². The Kier molecular flexibility index (Phi) is 8.27. The van der Waals surface area contributed by atoms with Crippen LogP contribution in [0.25, 0.3) is 16.9 Å². The van der Waals surface area contributed by atoms with Crippen molar-refractivity contribution in [3.8, 4) is 16.9 Å². The summed E-state index contributed by atoms with van der Waals surface area (Å²) in [5, 5.41) is 4.45. The minimum atomic E-state index is 0. The summed E-state index contributed by atoms with van der Waals surface area (Å²) in [5.41, 5.74) is 4.57. The largest absolute Gasteiger partial charge is 0.389 e. The summed E-state index contributed by atoms with van der Waals surface area (Å²) in [6.45, 7) is 2.36. The van der Waals surface area contributed by atoms with Crippen LogP contribution in [0.4, 0.5) is 0 Å². The normalized spacial score (nSPS) is 14.6. The summed E-state index contributed by atoms with van der Waals surface area (Å²) in [4.78, 5) is 8.33. The van der Waals surface area contributed by atoms with E-state index < -0.39 is 0 Å². The van der Waals surface area contributed by atoms with Gasteiger partial charge in [-0.15, -0.1) is 35.9 Å². The summed E-state index contributed by atoms with van der Waals surface area (Å²) < 4.78 is 1.88. The first kappa shape index (κ1) is 23.1. The Bertz CT molecular complexity index is 989. The standard InChI is InChI=1S/C15H18N3.C11H8N.Ir/c1-15(7-3-2-4-8-15)13-10-17-18(12-13)14-6-5-9-16-11-14;1-2-6-10(7-3-1)11-8-4-5-9-12-11;/h5,9-12H,2-4,7-8H2,1H3;1-6,8-9H;/q2*-1;. The second kappa shape index (κ2) is 11.1. The van der Waals surface area contributed by atoms with Gasteiger partial charge < -0.3 is 9.97 Å². The van der Waals surface area contributed by atoms with Gasteiger partial charge >= 0.3 is 0 Å². The van der Waals surface area contributed by atoms with Crippen LogP contribution < -0.4 is 0 Å². The van der Waals surface area contributed by atoms with Gasteiger partial charge in [0.25, 0.3) is 0 Å². The molecule has 0 N–H and O–H groups in total. The molecule has 5 rings (SSSR count). The first-order valence-corrected chi connectivity index (χ1v) is 10.5. The van der Waals surface area contributed by atoms with Crippen molar-refractivity contribution in [2.75, 3.05) is 0 Å². The van der Waals surface area contributed by atoms with Gasteiger partial charge in [0.1, 0.15) is 0 Å². The molecule has 0 amide bonds. The maximum atomic E-state index is 4.45. The number of rotatable bonds is 3. The minimum Gasteiger partial charge on any atom is -0.389 e. The molecule has 5 heteroatoms. The van der Waals surface area contributed by atoms with Crippen LogP contribution in [0.5, 0.6) is 0 Å². The molecule has 0 spiro atoms. The Hall–Kier alpha value is -2.62. The predicted molar refractivity (Wildman–Crippen MR) is 119 cm³/mol. The molecule has 1 aliphatic carbocycles. The summed E-state index contributed by atoms with van der Waals surface area (Å²) in [6, 6.07) is 21.8. The molecule has 1 aromatic carbocycles. The van der Waals surface area contributed by atoms with Crippen LogP contribution in [0.2, 0.25) is 0 Å². The number of hydrogen-bond acceptors (Lipinski definition) is 3. The summed E-state index contributed by atoms with van der Waals surface area (Å²) in [6.07, 6.45) is 16.0. The number of aromatic nitrogens is 4. The molecule has 0 saturated heterocycles. The van der Waals surface area contributed by atoms with E-state index in [0.29, 0.717) is 5.41 Å². The van der Waals surface area contributed by atoms with E-state index in [4.69, 9.17) is 0 Å². The molecule has 31 heavy (non-hydrogen) atoms. The molecule has 0 bridgehead atoms. The fraction of sp³-hybridized carbons (Fsp3) is 0.269. The van der Waals surface area contributed by atoms with E-state index in [1.54, 1.807) is 18.6 Å². The third-order valence-electron chi connectivity index (χ3n) is 5.72. The zero-order chi connectivity index (χ0) is 20.7. The van der Waals surface area contributed by atoms with Crippen molar-refractivity contribution in [1.29, 1.82) is 0 Å². The molecule has 4 nitrogen and oxygen atoms in total. The monoisotopic (exact) mass is 587 g/mol. The number of nitrogens with zero attached hydrogens (tertiary/aromatic N) is 4. The van der Waals surface area contributed by atoms with Crippen molar-refractivity contribution in [3.05, 3.63) is 97.2 Å². The Morgan fingerprint density at radius 3 is 2.42 bits per heavy atom. The van der Waals surface area contributed by atoms with Gasteiger partial charge in [0, 0.05) is 32.5 Å². The fourth-order valence-corrected chi connectivity index (χ4v) is 3.90. The van der Waals surface area contributed by atoms with Gasteiger partial charge in [-0.3, -0.25) is 4.68 Å². The van der Waals surface area contributed by atoms with E-state index in [1.807, 2.05) is 59.4 Å². The molecule has 1 radical (unpaired) electrons.